The second-order valence-corrected chi connectivity index (χ2v) is 25.4. The molecule has 73 heavy (non-hydrogen) atoms. The van der Waals surface area contributed by atoms with Crippen molar-refractivity contribution in [3.8, 4) is 0 Å². The fourth-order valence-corrected chi connectivity index (χ4v) is 15.8. The summed E-state index contributed by atoms with van der Waals surface area (Å²) in [6.07, 6.45) is -18.1. The molecule has 0 aromatic rings. The molecule has 0 bridgehead atoms. The van der Waals surface area contributed by atoms with Crippen LogP contribution in [0.1, 0.15) is 113 Å². The first-order valence-corrected chi connectivity index (χ1v) is 26.6. The van der Waals surface area contributed by atoms with Crippen LogP contribution >= 0.6 is 0 Å². The van der Waals surface area contributed by atoms with Gasteiger partial charge in [-0.25, -0.2) is 0 Å². The monoisotopic (exact) mass is 1040 g/mol. The van der Waals surface area contributed by atoms with Crippen molar-refractivity contribution < 1.29 is 104 Å². The summed E-state index contributed by atoms with van der Waals surface area (Å²) in [5, 5.41) is 127. The van der Waals surface area contributed by atoms with E-state index in [9.17, 15) is 61.3 Å². The van der Waals surface area contributed by atoms with Gasteiger partial charge >= 0.3 is 5.97 Å². The minimum atomic E-state index is -1.82. The van der Waals surface area contributed by atoms with Gasteiger partial charge in [-0.05, 0) is 109 Å². The SMILES string of the molecule is CC1(C)CCC2(C(=O)OC3OC(COC4OC(CO)C(O)C(O)C4O)C(O)C(O)C3O)CCC3(C)C(=CCC4C5(C)CCC(OC6OCC(O)C(O)C6OC6OCC(O)C(O)C6O)C(C)(C)C5CCC43C)C2C1. The molecule has 0 radical (unpaired) electrons. The van der Waals surface area contributed by atoms with Crippen LogP contribution in [0, 0.1) is 50.2 Å². The van der Waals surface area contributed by atoms with Crippen LogP contribution in [0.2, 0.25) is 0 Å². The summed E-state index contributed by atoms with van der Waals surface area (Å²) in [7, 11) is 0. The molecule has 4 aliphatic heterocycles. The number of allylic oxidation sites excluding steroid dienone is 2. The Kier molecular flexibility index (Phi) is 15.6. The fraction of sp³-hybridized carbons (Fsp3) is 0.942. The van der Waals surface area contributed by atoms with Crippen LogP contribution < -0.4 is 0 Å². The summed E-state index contributed by atoms with van der Waals surface area (Å²) in [6.45, 7) is 14.4. The predicted molar refractivity (Wildman–Crippen MR) is 251 cm³/mol. The van der Waals surface area contributed by atoms with E-state index >= 15 is 4.79 Å². The van der Waals surface area contributed by atoms with E-state index in [-0.39, 0.29) is 58.7 Å². The first-order chi connectivity index (χ1) is 34.2. The van der Waals surface area contributed by atoms with Crippen molar-refractivity contribution in [1.82, 2.24) is 0 Å². The standard InChI is InChI=1S/C52H84O21/c1-47(2)14-16-52(46(65)73-44-40(64)37(61)35(59)28(70-44)22-68-42-39(63)36(60)34(58)27(19-53)69-42)17-15-50(6)23(24(52)18-47)8-9-30-49(5)12-11-31(48(3,4)29(49)10-13-51(30,50)7)71-45-41(33(57)26(55)21-67-45)72-43-38(62)32(56)25(54)20-66-43/h8,24-45,53-64H,9-22H2,1-7H3. The van der Waals surface area contributed by atoms with Crippen molar-refractivity contribution in [2.24, 2.45) is 50.2 Å². The van der Waals surface area contributed by atoms with Crippen molar-refractivity contribution >= 4 is 5.97 Å². The first-order valence-electron chi connectivity index (χ1n) is 26.6. The molecule has 21 heteroatoms. The van der Waals surface area contributed by atoms with E-state index in [0.717, 1.165) is 38.5 Å². The topological polar surface area (TPSA) is 334 Å². The van der Waals surface area contributed by atoms with Gasteiger partial charge in [-0.1, -0.05) is 60.1 Å². The maximum atomic E-state index is 15.0. The molecule has 26 unspecified atom stereocenters. The van der Waals surface area contributed by atoms with Crippen LogP contribution in [-0.2, 0) is 42.7 Å². The van der Waals surface area contributed by atoms with E-state index in [1.165, 1.54) is 5.57 Å². The number of hydrogen-bond donors (Lipinski definition) is 12. The van der Waals surface area contributed by atoms with Gasteiger partial charge in [0.15, 0.2) is 18.9 Å². The molecule has 9 rings (SSSR count). The maximum absolute atomic E-state index is 15.0. The summed E-state index contributed by atoms with van der Waals surface area (Å²) < 4.78 is 47.5. The Morgan fingerprint density at radius 3 is 1.90 bits per heavy atom. The van der Waals surface area contributed by atoms with E-state index in [4.69, 9.17) is 37.9 Å². The number of fused-ring (bicyclic) bond motifs is 7. The zero-order valence-electron chi connectivity index (χ0n) is 43.2. The van der Waals surface area contributed by atoms with Crippen LogP contribution in [0.5, 0.6) is 0 Å². The van der Waals surface area contributed by atoms with Crippen LogP contribution in [0.4, 0.5) is 0 Å². The lowest BCUT2D eigenvalue weighted by Crippen LogP contribution is -2.66. The van der Waals surface area contributed by atoms with Gasteiger partial charge in [-0.2, -0.15) is 0 Å². The highest BCUT2D eigenvalue weighted by atomic mass is 16.8. The summed E-state index contributed by atoms with van der Waals surface area (Å²) in [4.78, 5) is 15.0. The van der Waals surface area contributed by atoms with Crippen LogP contribution in [-0.4, -0.2) is 210 Å². The second-order valence-electron chi connectivity index (χ2n) is 25.4. The highest BCUT2D eigenvalue weighted by molar-refractivity contribution is 5.79. The largest absolute Gasteiger partial charge is 0.432 e. The molecule has 418 valence electrons. The zero-order chi connectivity index (χ0) is 53.1. The van der Waals surface area contributed by atoms with Crippen molar-refractivity contribution in [1.29, 1.82) is 0 Å². The third-order valence-electron chi connectivity index (χ3n) is 20.6. The molecule has 5 aliphatic carbocycles. The van der Waals surface area contributed by atoms with Crippen molar-refractivity contribution in [2.75, 3.05) is 26.4 Å². The van der Waals surface area contributed by atoms with Gasteiger partial charge in [-0.15, -0.1) is 0 Å². The van der Waals surface area contributed by atoms with E-state index in [0.29, 0.717) is 25.7 Å². The minimum absolute atomic E-state index is 0.113. The molecule has 0 amide bonds. The molecule has 9 aliphatic rings. The third kappa shape index (κ3) is 9.29. The van der Waals surface area contributed by atoms with E-state index in [1.807, 2.05) is 0 Å². The molecule has 12 N–H and O–H groups in total. The van der Waals surface area contributed by atoms with E-state index < -0.39 is 141 Å². The molecular formula is C52H84O21. The number of ether oxygens (including phenoxy) is 8. The number of carbonyl (C=O) groups excluding carboxylic acids is 1. The Balaban J connectivity index is 0.920. The van der Waals surface area contributed by atoms with Crippen LogP contribution in [0.15, 0.2) is 11.6 Å². The number of hydrogen-bond acceptors (Lipinski definition) is 21. The Morgan fingerprint density at radius 2 is 1.22 bits per heavy atom. The molecule has 4 saturated carbocycles. The van der Waals surface area contributed by atoms with Gasteiger partial charge in [0.05, 0.1) is 37.9 Å². The highest BCUT2D eigenvalue weighted by Crippen LogP contribution is 2.76. The van der Waals surface area contributed by atoms with E-state index in [2.05, 4.69) is 54.5 Å². The predicted octanol–water partition coefficient (Wildman–Crippen LogP) is -0.757. The molecule has 0 aromatic heterocycles. The average Bonchev–Trinajstić information content (AvgIpc) is 3.34. The lowest BCUT2D eigenvalue weighted by atomic mass is 9.33. The number of aliphatic hydroxyl groups excluding tert-OH is 12. The average molecular weight is 1050 g/mol. The van der Waals surface area contributed by atoms with Gasteiger partial charge in [0.25, 0.3) is 0 Å². The number of rotatable bonds is 10. The zero-order valence-corrected chi connectivity index (χ0v) is 43.2. The Hall–Kier alpha value is -1.55. The van der Waals surface area contributed by atoms with E-state index in [1.54, 1.807) is 0 Å². The van der Waals surface area contributed by atoms with Gasteiger partial charge < -0.3 is 99.2 Å². The second kappa shape index (κ2) is 20.3. The van der Waals surface area contributed by atoms with Gasteiger partial charge in [-0.3, -0.25) is 4.79 Å². The third-order valence-corrected chi connectivity index (χ3v) is 20.6. The summed E-state index contributed by atoms with van der Waals surface area (Å²) in [6, 6.07) is 0. The first kappa shape index (κ1) is 56.2. The number of aliphatic hydroxyl groups is 12. The van der Waals surface area contributed by atoms with Crippen LogP contribution in [0.25, 0.3) is 0 Å². The summed E-state index contributed by atoms with van der Waals surface area (Å²) in [5.41, 5.74) is -0.867. The van der Waals surface area contributed by atoms with Crippen molar-refractivity contribution in [2.45, 2.75) is 229 Å². The smallest absolute Gasteiger partial charge is 0.315 e. The summed E-state index contributed by atoms with van der Waals surface area (Å²) >= 11 is 0. The Labute approximate surface area is 426 Å². The number of carbonyl (C=O) groups is 1. The minimum Gasteiger partial charge on any atom is -0.432 e. The van der Waals surface area contributed by atoms with Crippen molar-refractivity contribution in [3.63, 3.8) is 0 Å². The lowest BCUT2D eigenvalue weighted by molar-refractivity contribution is -0.357. The normalized spacial score (nSPS) is 53.7. The lowest BCUT2D eigenvalue weighted by Gasteiger charge is -2.71. The Morgan fingerprint density at radius 1 is 0.616 bits per heavy atom. The fourth-order valence-electron chi connectivity index (χ4n) is 15.8. The van der Waals surface area contributed by atoms with Gasteiger partial charge in [0, 0.05) is 0 Å². The van der Waals surface area contributed by atoms with Crippen molar-refractivity contribution in [3.05, 3.63) is 11.6 Å². The molecule has 4 saturated heterocycles. The quantitative estimate of drug-likeness (QED) is 0.0727. The van der Waals surface area contributed by atoms with Crippen LogP contribution in [0.3, 0.4) is 0 Å². The highest BCUT2D eigenvalue weighted by Gasteiger charge is 2.70. The number of esters is 1. The van der Waals surface area contributed by atoms with Gasteiger partial charge in [0.1, 0.15) is 85.5 Å². The molecule has 8 fully saturated rings. The maximum Gasteiger partial charge on any atom is 0.315 e. The summed E-state index contributed by atoms with van der Waals surface area (Å²) in [5.74, 6) is -0.311. The molecule has 0 aromatic carbocycles. The molecular weight excluding hydrogens is 961 g/mol. The molecule has 0 spiro atoms. The molecule has 21 nitrogen and oxygen atoms in total. The molecule has 26 atom stereocenters. The van der Waals surface area contributed by atoms with Gasteiger partial charge in [0.2, 0.25) is 6.29 Å². The molecule has 4 heterocycles. The Bertz CT molecular complexity index is 2010.